The molecule has 0 atom stereocenters. The van der Waals surface area contributed by atoms with Crippen molar-refractivity contribution in [2.75, 3.05) is 63.4 Å². The average Bonchev–Trinajstić information content (AvgIpc) is 3.04. The van der Waals surface area contributed by atoms with Gasteiger partial charge in [0.15, 0.2) is 0 Å². The maximum atomic E-state index is 12.4. The van der Waals surface area contributed by atoms with Gasteiger partial charge in [0.05, 0.1) is 24.3 Å². The van der Waals surface area contributed by atoms with Crippen molar-refractivity contribution in [3.05, 3.63) is 59.7 Å². The van der Waals surface area contributed by atoms with Gasteiger partial charge in [0.1, 0.15) is 13.2 Å². The lowest BCUT2D eigenvalue weighted by atomic mass is 10.2. The molecule has 0 aromatic heterocycles. The molecule has 0 saturated heterocycles. The first-order chi connectivity index (χ1) is 21.2. The zero-order valence-corrected chi connectivity index (χ0v) is 26.3. The Morgan fingerprint density at radius 1 is 0.568 bits per heavy atom. The Kier molecular flexibility index (Phi) is 16.3. The van der Waals surface area contributed by atoms with Crippen molar-refractivity contribution in [1.29, 1.82) is 0 Å². The van der Waals surface area contributed by atoms with E-state index < -0.39 is 24.1 Å². The molecule has 0 aliphatic rings. The third-order valence-electron chi connectivity index (χ3n) is 6.70. The summed E-state index contributed by atoms with van der Waals surface area (Å²) in [6.07, 6.45) is 4.58. The fourth-order valence-electron chi connectivity index (χ4n) is 3.86. The van der Waals surface area contributed by atoms with Crippen LogP contribution in [0.1, 0.15) is 73.1 Å². The molecule has 12 nitrogen and oxygen atoms in total. The van der Waals surface area contributed by atoms with E-state index in [0.29, 0.717) is 35.7 Å². The van der Waals surface area contributed by atoms with Gasteiger partial charge in [-0.15, -0.1) is 0 Å². The van der Waals surface area contributed by atoms with E-state index in [1.54, 1.807) is 62.6 Å². The van der Waals surface area contributed by atoms with Crippen LogP contribution in [0.25, 0.3) is 0 Å². The summed E-state index contributed by atoms with van der Waals surface area (Å²) < 4.78 is 21.1. The molecule has 0 saturated carbocycles. The van der Waals surface area contributed by atoms with Crippen LogP contribution in [0.3, 0.4) is 0 Å². The van der Waals surface area contributed by atoms with E-state index in [2.05, 4.69) is 13.8 Å². The Balaban J connectivity index is 1.67. The van der Waals surface area contributed by atoms with Crippen LogP contribution in [-0.2, 0) is 18.9 Å². The highest BCUT2D eigenvalue weighted by Gasteiger charge is 2.16. The summed E-state index contributed by atoms with van der Waals surface area (Å²) in [6, 6.07) is 13.0. The van der Waals surface area contributed by atoms with Crippen LogP contribution in [0.15, 0.2) is 48.5 Å². The molecule has 0 unspecified atom stereocenters. The normalized spacial score (nSPS) is 10.7. The number of nitrogens with zero attached hydrogens (tertiary/aromatic N) is 3. The van der Waals surface area contributed by atoms with Gasteiger partial charge in [-0.1, -0.05) is 39.5 Å². The van der Waals surface area contributed by atoms with Gasteiger partial charge in [-0.3, -0.25) is 15.6 Å². The maximum Gasteiger partial charge on any atom is 0.414 e. The molecular formula is C32H46N4O8. The van der Waals surface area contributed by atoms with E-state index >= 15 is 0 Å². The van der Waals surface area contributed by atoms with E-state index in [1.807, 2.05) is 0 Å². The lowest BCUT2D eigenvalue weighted by Crippen LogP contribution is -2.39. The summed E-state index contributed by atoms with van der Waals surface area (Å²) in [4.78, 5) is 51.8. The molecule has 0 heterocycles. The molecule has 12 heteroatoms. The van der Waals surface area contributed by atoms with Crippen molar-refractivity contribution >= 4 is 35.5 Å². The average molecular weight is 615 g/mol. The van der Waals surface area contributed by atoms with Crippen LogP contribution in [0.2, 0.25) is 0 Å². The van der Waals surface area contributed by atoms with Crippen molar-refractivity contribution in [2.45, 2.75) is 52.4 Å². The van der Waals surface area contributed by atoms with Crippen molar-refractivity contribution in [1.82, 2.24) is 5.01 Å². The van der Waals surface area contributed by atoms with Crippen LogP contribution >= 0.6 is 0 Å². The number of nitrogens with two attached hydrogens (primary N) is 1. The van der Waals surface area contributed by atoms with Gasteiger partial charge < -0.3 is 18.9 Å². The Hall–Kier alpha value is -4.16. The van der Waals surface area contributed by atoms with Crippen molar-refractivity contribution in [2.24, 2.45) is 5.84 Å². The van der Waals surface area contributed by atoms with Crippen molar-refractivity contribution in [3.8, 4) is 0 Å². The largest absolute Gasteiger partial charge is 0.462 e. The SMILES string of the molecule is CCCCCOC(=O)c1ccc(N(C)C(=O)OCCN(N)CCOC(=O)N(C)c2ccc(C(=O)OCCCCC)cc2)cc1. The Morgan fingerprint density at radius 3 is 1.27 bits per heavy atom. The molecule has 2 aromatic rings. The minimum atomic E-state index is -0.586. The van der Waals surface area contributed by atoms with Crippen molar-refractivity contribution in [3.63, 3.8) is 0 Å². The Bertz CT molecular complexity index is 1080. The van der Waals surface area contributed by atoms with Crippen LogP contribution in [0.4, 0.5) is 21.0 Å². The van der Waals surface area contributed by atoms with Gasteiger partial charge in [0.2, 0.25) is 0 Å². The number of rotatable bonds is 18. The number of amides is 2. The van der Waals surface area contributed by atoms with E-state index in [4.69, 9.17) is 24.8 Å². The number of unbranched alkanes of at least 4 members (excludes halogenated alkanes) is 4. The summed E-state index contributed by atoms with van der Waals surface area (Å²) in [7, 11) is 3.12. The minimum absolute atomic E-state index is 0.0169. The van der Waals surface area contributed by atoms with Crippen LogP contribution in [0, 0.1) is 0 Å². The molecule has 0 aliphatic carbocycles. The summed E-state index contributed by atoms with van der Waals surface area (Å²) >= 11 is 0. The van der Waals surface area contributed by atoms with Crippen LogP contribution in [-0.4, -0.2) is 82.7 Å². The summed E-state index contributed by atoms with van der Waals surface area (Å²) in [6.45, 7) is 5.38. The molecule has 0 aliphatic heterocycles. The van der Waals surface area contributed by atoms with E-state index in [0.717, 1.165) is 38.5 Å². The first kappa shape index (κ1) is 36.0. The second kappa shape index (κ2) is 19.9. The summed E-state index contributed by atoms with van der Waals surface area (Å²) in [5.74, 6) is 5.15. The molecule has 0 fully saturated rings. The molecule has 0 bridgehead atoms. The summed E-state index contributed by atoms with van der Waals surface area (Å²) in [5.41, 5.74) is 1.92. The number of carbonyl (C=O) groups is 4. The lowest BCUT2D eigenvalue weighted by Gasteiger charge is -2.21. The fourth-order valence-corrected chi connectivity index (χ4v) is 3.86. The molecule has 2 amide bonds. The zero-order chi connectivity index (χ0) is 32.3. The van der Waals surface area contributed by atoms with Gasteiger partial charge in [0, 0.05) is 38.6 Å². The van der Waals surface area contributed by atoms with Gasteiger partial charge in [-0.05, 0) is 61.4 Å². The van der Waals surface area contributed by atoms with Gasteiger partial charge in [0.25, 0.3) is 0 Å². The standard InChI is InChI=1S/C32H46N4O8/c1-5-7-9-21-41-29(37)25-11-15-27(16-12-25)34(3)31(39)43-23-19-36(33)20-24-44-32(40)35(4)28-17-13-26(14-18-28)30(38)42-22-10-8-6-2/h11-18H,5-10,19-24,33H2,1-4H3. The third-order valence-corrected chi connectivity index (χ3v) is 6.70. The summed E-state index contributed by atoms with van der Waals surface area (Å²) in [5, 5.41) is 1.38. The number of esters is 2. The van der Waals surface area contributed by atoms with Gasteiger partial charge in [-0.25, -0.2) is 24.2 Å². The van der Waals surface area contributed by atoms with Crippen molar-refractivity contribution < 1.29 is 38.1 Å². The first-order valence-electron chi connectivity index (χ1n) is 15.0. The third kappa shape index (κ3) is 12.6. The van der Waals surface area contributed by atoms with E-state index in [-0.39, 0.29) is 26.3 Å². The Morgan fingerprint density at radius 2 is 0.932 bits per heavy atom. The van der Waals surface area contributed by atoms with Crippen LogP contribution < -0.4 is 15.6 Å². The predicted octanol–water partition coefficient (Wildman–Crippen LogP) is 5.40. The number of hydrogen-bond donors (Lipinski definition) is 1. The molecule has 2 aromatic carbocycles. The second-order valence-corrected chi connectivity index (χ2v) is 10.2. The number of carbonyl (C=O) groups excluding carboxylic acids is 4. The Labute approximate surface area is 259 Å². The minimum Gasteiger partial charge on any atom is -0.462 e. The highest BCUT2D eigenvalue weighted by atomic mass is 16.6. The molecule has 0 spiro atoms. The highest BCUT2D eigenvalue weighted by Crippen LogP contribution is 2.17. The van der Waals surface area contributed by atoms with E-state index in [1.165, 1.54) is 14.8 Å². The maximum absolute atomic E-state index is 12.4. The first-order valence-corrected chi connectivity index (χ1v) is 15.0. The quantitative estimate of drug-likeness (QED) is 0.0762. The molecule has 44 heavy (non-hydrogen) atoms. The molecule has 242 valence electrons. The molecule has 2 N–H and O–H groups in total. The predicted molar refractivity (Wildman–Crippen MR) is 168 cm³/mol. The monoisotopic (exact) mass is 614 g/mol. The lowest BCUT2D eigenvalue weighted by molar-refractivity contribution is 0.0489. The molecular weight excluding hydrogens is 568 g/mol. The zero-order valence-electron chi connectivity index (χ0n) is 26.3. The smallest absolute Gasteiger partial charge is 0.414 e. The molecule has 0 radical (unpaired) electrons. The van der Waals surface area contributed by atoms with Gasteiger partial charge >= 0.3 is 24.1 Å². The number of ether oxygens (including phenoxy) is 4. The number of hydrazine groups is 1. The number of hydrogen-bond acceptors (Lipinski definition) is 10. The van der Waals surface area contributed by atoms with E-state index in [9.17, 15) is 19.2 Å². The number of anilines is 2. The van der Waals surface area contributed by atoms with Gasteiger partial charge in [-0.2, -0.15) is 0 Å². The van der Waals surface area contributed by atoms with Crippen LogP contribution in [0.5, 0.6) is 0 Å². The second-order valence-electron chi connectivity index (χ2n) is 10.2. The topological polar surface area (TPSA) is 141 Å². The highest BCUT2D eigenvalue weighted by molar-refractivity contribution is 5.92. The fraction of sp³-hybridized carbons (Fsp3) is 0.500. The molecule has 2 rings (SSSR count). The number of benzene rings is 2.